The average molecular weight is 833 g/mol. The van der Waals surface area contributed by atoms with Crippen LogP contribution in [-0.4, -0.2) is 100.0 Å². The molecule has 6 heterocycles. The maximum absolute atomic E-state index is 16.8. The molecule has 8 rings (SSSR count). The van der Waals surface area contributed by atoms with Crippen LogP contribution in [0.5, 0.6) is 6.01 Å². The Bertz CT molecular complexity index is 2160. The van der Waals surface area contributed by atoms with Crippen LogP contribution in [0.2, 0.25) is 0 Å². The fourth-order valence-corrected chi connectivity index (χ4v) is 8.27. The lowest BCUT2D eigenvalue weighted by molar-refractivity contribution is -0.447. The standard InChI is InChI=1S/C33H32F2N6O.C4HF9O.C2H6/c1-2-22-24(34)10-8-20-6-3-7-23(26(20)22)29-28(35)30-27-25(37-29)11-9-21-18-36-14-17-41(21)31(27)39-32(38-30)42-19-33-12-4-15-40(33)16-5-13-33;5-2(6,7)1(14,3(8,9)10)4(11,12)13;1-2/h1,3,6-8,10,21,36H,4-5,9,11-19H2;14H;1-2H3. The lowest BCUT2D eigenvalue weighted by Gasteiger charge is -2.36. The zero-order valence-electron chi connectivity index (χ0n) is 31.3. The third-order valence-electron chi connectivity index (χ3n) is 11.1. The van der Waals surface area contributed by atoms with Gasteiger partial charge < -0.3 is 20.1 Å². The lowest BCUT2D eigenvalue weighted by Crippen LogP contribution is -2.66. The Labute approximate surface area is 325 Å². The first-order valence-electron chi connectivity index (χ1n) is 18.7. The molecule has 58 heavy (non-hydrogen) atoms. The van der Waals surface area contributed by atoms with Crippen LogP contribution in [0.1, 0.15) is 57.2 Å². The molecule has 0 saturated carbocycles. The maximum Gasteiger partial charge on any atom is 0.435 e. The molecule has 2 aromatic heterocycles. The highest BCUT2D eigenvalue weighted by Crippen LogP contribution is 2.52. The van der Waals surface area contributed by atoms with E-state index in [1.54, 1.807) is 12.1 Å². The number of nitrogens with zero attached hydrogens (tertiary/aromatic N) is 5. The Hall–Kier alpha value is -4.54. The van der Waals surface area contributed by atoms with E-state index in [4.69, 9.17) is 31.2 Å². The number of pyridine rings is 1. The van der Waals surface area contributed by atoms with Crippen LogP contribution in [0.15, 0.2) is 30.3 Å². The van der Waals surface area contributed by atoms with Gasteiger partial charge >= 0.3 is 30.1 Å². The number of piperazine rings is 1. The number of nitrogens with one attached hydrogen (secondary N) is 1. The summed E-state index contributed by atoms with van der Waals surface area (Å²) in [6.45, 7) is 9.06. The second kappa shape index (κ2) is 15.9. The van der Waals surface area contributed by atoms with Crippen LogP contribution in [-0.2, 0) is 6.42 Å². The third kappa shape index (κ3) is 7.36. The van der Waals surface area contributed by atoms with E-state index < -0.39 is 35.8 Å². The SMILES string of the molecule is C#Cc1c(F)ccc2cccc(-c3nc4c5c(nc(OCC67CCCN6CCC7)nc5c3F)N3CCNCC3CC4)c12.CC.OC(C(F)(F)F)(C(F)(F)F)C(F)(F)F. The second-order valence-corrected chi connectivity index (χ2v) is 14.2. The van der Waals surface area contributed by atoms with E-state index in [1.165, 1.54) is 6.07 Å². The van der Waals surface area contributed by atoms with Gasteiger partial charge in [-0.15, -0.1) is 6.42 Å². The first-order valence-corrected chi connectivity index (χ1v) is 18.7. The van der Waals surface area contributed by atoms with E-state index >= 15 is 4.39 Å². The summed E-state index contributed by atoms with van der Waals surface area (Å²) in [4.78, 5) is 19.4. The van der Waals surface area contributed by atoms with Crippen molar-refractivity contribution >= 4 is 27.5 Å². The molecule has 1 unspecified atom stereocenters. The summed E-state index contributed by atoms with van der Waals surface area (Å²) < 4.78 is 141. The number of alkyl halides is 9. The molecule has 0 aliphatic carbocycles. The van der Waals surface area contributed by atoms with Gasteiger partial charge in [-0.1, -0.05) is 44.0 Å². The van der Waals surface area contributed by atoms with Gasteiger partial charge in [-0.2, -0.15) is 49.5 Å². The Morgan fingerprint density at radius 1 is 0.897 bits per heavy atom. The average Bonchev–Trinajstić information content (AvgIpc) is 3.72. The van der Waals surface area contributed by atoms with Crippen LogP contribution in [0, 0.1) is 24.0 Å². The molecule has 4 aromatic rings. The van der Waals surface area contributed by atoms with Gasteiger partial charge in [-0.25, -0.2) is 13.8 Å². The van der Waals surface area contributed by atoms with Crippen LogP contribution < -0.4 is 15.0 Å². The van der Waals surface area contributed by atoms with Gasteiger partial charge in [-0.3, -0.25) is 4.90 Å². The van der Waals surface area contributed by atoms with E-state index in [9.17, 15) is 43.9 Å². The van der Waals surface area contributed by atoms with E-state index in [0.29, 0.717) is 35.2 Å². The molecule has 0 radical (unpaired) electrons. The highest BCUT2D eigenvalue weighted by atomic mass is 19.4. The van der Waals surface area contributed by atoms with E-state index in [2.05, 4.69) is 21.0 Å². The zero-order chi connectivity index (χ0) is 42.4. The van der Waals surface area contributed by atoms with Crippen molar-refractivity contribution in [2.45, 2.75) is 88.1 Å². The monoisotopic (exact) mass is 832 g/mol. The van der Waals surface area contributed by atoms with Crippen molar-refractivity contribution < 1.29 is 58.1 Å². The van der Waals surface area contributed by atoms with Gasteiger partial charge in [0.1, 0.15) is 29.5 Å². The van der Waals surface area contributed by atoms with E-state index in [0.717, 1.165) is 75.9 Å². The number of terminal acetylenes is 1. The quantitative estimate of drug-likeness (QED) is 0.157. The smallest absolute Gasteiger partial charge is 0.435 e. The van der Waals surface area contributed by atoms with Gasteiger partial charge in [0.2, 0.25) is 0 Å². The van der Waals surface area contributed by atoms with Crippen LogP contribution >= 0.6 is 0 Å². The first-order chi connectivity index (χ1) is 27.3. The molecule has 4 aliphatic rings. The number of ether oxygens (including phenoxy) is 1. The third-order valence-corrected chi connectivity index (χ3v) is 11.1. The number of aliphatic hydroxyl groups is 1. The molecule has 314 valence electrons. The zero-order valence-corrected chi connectivity index (χ0v) is 31.3. The van der Waals surface area contributed by atoms with Crippen molar-refractivity contribution in [3.63, 3.8) is 0 Å². The minimum Gasteiger partial charge on any atom is -0.461 e. The maximum atomic E-state index is 16.8. The molecule has 0 bridgehead atoms. The van der Waals surface area contributed by atoms with Crippen LogP contribution in [0.3, 0.4) is 0 Å². The number of hydrogen-bond donors (Lipinski definition) is 2. The minimum atomic E-state index is -6.87. The number of anilines is 1. The summed E-state index contributed by atoms with van der Waals surface area (Å²) in [6, 6.07) is 8.82. The number of aromatic nitrogens is 3. The molecule has 4 aliphatic heterocycles. The Morgan fingerprint density at radius 3 is 2.16 bits per heavy atom. The molecule has 3 fully saturated rings. The normalized spacial score (nSPS) is 19.3. The molecule has 19 heteroatoms. The van der Waals surface area contributed by atoms with Gasteiger partial charge in [0.05, 0.1) is 22.2 Å². The summed E-state index contributed by atoms with van der Waals surface area (Å²) >= 11 is 0. The molecule has 2 N–H and O–H groups in total. The van der Waals surface area contributed by atoms with Gasteiger partial charge in [-0.05, 0) is 63.1 Å². The van der Waals surface area contributed by atoms with Crippen molar-refractivity contribution in [1.29, 1.82) is 0 Å². The Balaban J connectivity index is 0.000000304. The Kier molecular flexibility index (Phi) is 11.8. The fourth-order valence-electron chi connectivity index (χ4n) is 8.27. The lowest BCUT2D eigenvalue weighted by atomic mass is 9.95. The molecule has 0 amide bonds. The summed E-state index contributed by atoms with van der Waals surface area (Å²) in [6.07, 6.45) is -8.88. The van der Waals surface area contributed by atoms with E-state index in [-0.39, 0.29) is 34.4 Å². The number of rotatable bonds is 4. The summed E-state index contributed by atoms with van der Waals surface area (Å²) in [7, 11) is 0. The molecule has 0 spiro atoms. The number of halogens is 11. The van der Waals surface area contributed by atoms with Crippen LogP contribution in [0.25, 0.3) is 32.9 Å². The largest absolute Gasteiger partial charge is 0.461 e. The molecule has 2 aromatic carbocycles. The first kappa shape index (κ1) is 43.0. The number of aryl methyl sites for hydroxylation is 1. The van der Waals surface area contributed by atoms with Crippen molar-refractivity contribution in [3.05, 3.63) is 53.2 Å². The molecule has 8 nitrogen and oxygen atoms in total. The van der Waals surface area contributed by atoms with E-state index in [1.807, 2.05) is 26.0 Å². The molecule has 1 atom stereocenters. The predicted molar refractivity (Wildman–Crippen MR) is 193 cm³/mol. The van der Waals surface area contributed by atoms with Crippen LogP contribution in [0.4, 0.5) is 54.1 Å². The summed E-state index contributed by atoms with van der Waals surface area (Å²) in [5, 5.41) is 13.0. The molecular weight excluding hydrogens is 793 g/mol. The van der Waals surface area contributed by atoms with Crippen molar-refractivity contribution in [3.8, 4) is 29.6 Å². The topological polar surface area (TPSA) is 86.6 Å². The second-order valence-electron chi connectivity index (χ2n) is 14.2. The van der Waals surface area contributed by atoms with Crippen molar-refractivity contribution in [2.24, 2.45) is 0 Å². The van der Waals surface area contributed by atoms with Gasteiger partial charge in [0.15, 0.2) is 5.82 Å². The number of hydrogen-bond acceptors (Lipinski definition) is 8. The summed E-state index contributed by atoms with van der Waals surface area (Å²) in [5.74, 6) is 2.08. The van der Waals surface area contributed by atoms with Gasteiger partial charge in [0, 0.05) is 36.6 Å². The Morgan fingerprint density at radius 2 is 1.55 bits per heavy atom. The number of fused-ring (bicyclic) bond motifs is 4. The summed E-state index contributed by atoms with van der Waals surface area (Å²) in [5.41, 5.74) is -5.07. The highest BCUT2D eigenvalue weighted by Gasteiger charge is 2.83. The fraction of sp³-hybridized carbons (Fsp3) is 0.513. The minimum absolute atomic E-state index is 0.00970. The predicted octanol–water partition coefficient (Wildman–Crippen LogP) is 8.27. The van der Waals surface area contributed by atoms with Crippen molar-refractivity contribution in [2.75, 3.05) is 44.2 Å². The molecule has 3 saturated heterocycles. The van der Waals surface area contributed by atoms with Gasteiger partial charge in [0.25, 0.3) is 0 Å². The van der Waals surface area contributed by atoms with Crippen molar-refractivity contribution in [1.82, 2.24) is 25.2 Å². The molecular formula is C39H39F11N6O2. The highest BCUT2D eigenvalue weighted by molar-refractivity contribution is 6.02. The number of benzene rings is 2.